The Morgan fingerprint density at radius 3 is 2.78 bits per heavy atom. The van der Waals surface area contributed by atoms with Gasteiger partial charge < -0.3 is 9.64 Å². The van der Waals surface area contributed by atoms with E-state index < -0.39 is 0 Å². The third-order valence-corrected chi connectivity index (χ3v) is 4.57. The van der Waals surface area contributed by atoms with E-state index in [1.807, 2.05) is 31.2 Å². The Balaban J connectivity index is 1.60. The Kier molecular flexibility index (Phi) is 3.74. The van der Waals surface area contributed by atoms with Gasteiger partial charge in [0.05, 0.1) is 6.61 Å². The van der Waals surface area contributed by atoms with Crippen molar-refractivity contribution < 1.29 is 4.74 Å². The molecule has 0 aliphatic carbocycles. The fourth-order valence-corrected chi connectivity index (χ4v) is 3.06. The van der Waals surface area contributed by atoms with Crippen LogP contribution in [0.5, 0.6) is 0 Å². The van der Waals surface area contributed by atoms with Gasteiger partial charge in [-0.1, -0.05) is 28.1 Å². The average molecular weight is 374 g/mol. The lowest BCUT2D eigenvalue weighted by molar-refractivity contribution is 0.0394. The van der Waals surface area contributed by atoms with Crippen molar-refractivity contribution in [1.29, 1.82) is 0 Å². The number of hydrogen-bond acceptors (Lipinski definition) is 5. The molecule has 1 saturated heterocycles. The molecule has 7 heteroatoms. The van der Waals surface area contributed by atoms with Crippen LogP contribution in [0.3, 0.4) is 0 Å². The van der Waals surface area contributed by atoms with Crippen LogP contribution in [0.15, 0.2) is 40.9 Å². The number of rotatable bonds is 2. The molecule has 0 N–H and O–H groups in total. The number of benzene rings is 1. The lowest BCUT2D eigenvalue weighted by Gasteiger charge is -2.33. The fourth-order valence-electron chi connectivity index (χ4n) is 2.79. The SMILES string of the molecule is Cc1nnc2ccc(N3CCOC(c4ccc(Br)cc4)C3)nn12. The van der Waals surface area contributed by atoms with Gasteiger partial charge in [-0.25, -0.2) is 0 Å². The highest BCUT2D eigenvalue weighted by Crippen LogP contribution is 2.26. The Bertz CT molecular complexity index is 832. The highest BCUT2D eigenvalue weighted by atomic mass is 79.9. The third kappa shape index (κ3) is 2.82. The minimum atomic E-state index is 0.0522. The third-order valence-electron chi connectivity index (χ3n) is 4.04. The van der Waals surface area contributed by atoms with Gasteiger partial charge in [0.25, 0.3) is 0 Å². The summed E-state index contributed by atoms with van der Waals surface area (Å²) < 4.78 is 8.79. The minimum absolute atomic E-state index is 0.0522. The Hall–Kier alpha value is -1.99. The van der Waals surface area contributed by atoms with E-state index in [4.69, 9.17) is 4.74 Å². The fraction of sp³-hybridized carbons (Fsp3) is 0.312. The smallest absolute Gasteiger partial charge is 0.178 e. The number of nitrogens with zero attached hydrogens (tertiary/aromatic N) is 5. The second-order valence-corrected chi connectivity index (χ2v) is 6.48. The zero-order valence-corrected chi connectivity index (χ0v) is 14.3. The Morgan fingerprint density at radius 1 is 1.13 bits per heavy atom. The molecular weight excluding hydrogens is 358 g/mol. The van der Waals surface area contributed by atoms with Crippen LogP contribution in [0.2, 0.25) is 0 Å². The van der Waals surface area contributed by atoms with Gasteiger partial charge >= 0.3 is 0 Å². The normalized spacial score (nSPS) is 18.5. The molecule has 0 radical (unpaired) electrons. The monoisotopic (exact) mass is 373 g/mol. The molecule has 1 fully saturated rings. The molecule has 4 rings (SSSR count). The summed E-state index contributed by atoms with van der Waals surface area (Å²) in [5, 5.41) is 12.8. The van der Waals surface area contributed by atoms with Crippen LogP contribution in [0.1, 0.15) is 17.5 Å². The van der Waals surface area contributed by atoms with E-state index in [1.54, 1.807) is 4.52 Å². The number of aryl methyl sites for hydroxylation is 1. The van der Waals surface area contributed by atoms with E-state index in [0.29, 0.717) is 6.61 Å². The van der Waals surface area contributed by atoms with E-state index >= 15 is 0 Å². The molecule has 1 aliphatic heterocycles. The van der Waals surface area contributed by atoms with Crippen LogP contribution in [0.25, 0.3) is 5.65 Å². The first-order valence-electron chi connectivity index (χ1n) is 7.52. The molecule has 0 spiro atoms. The first-order valence-corrected chi connectivity index (χ1v) is 8.31. The highest BCUT2D eigenvalue weighted by molar-refractivity contribution is 9.10. The van der Waals surface area contributed by atoms with Gasteiger partial charge in [-0.2, -0.15) is 4.52 Å². The molecule has 1 atom stereocenters. The van der Waals surface area contributed by atoms with Crippen molar-refractivity contribution >= 4 is 27.4 Å². The van der Waals surface area contributed by atoms with E-state index in [0.717, 1.165) is 34.9 Å². The lowest BCUT2D eigenvalue weighted by Crippen LogP contribution is -2.39. The van der Waals surface area contributed by atoms with Crippen LogP contribution in [-0.2, 0) is 4.74 Å². The summed E-state index contributed by atoms with van der Waals surface area (Å²) >= 11 is 3.47. The number of ether oxygens (including phenoxy) is 1. The predicted molar refractivity (Wildman–Crippen MR) is 90.6 cm³/mol. The molecule has 0 saturated carbocycles. The largest absolute Gasteiger partial charge is 0.370 e. The van der Waals surface area contributed by atoms with Crippen LogP contribution in [-0.4, -0.2) is 39.5 Å². The van der Waals surface area contributed by atoms with Gasteiger partial charge in [0, 0.05) is 17.6 Å². The molecule has 3 heterocycles. The van der Waals surface area contributed by atoms with E-state index in [1.165, 1.54) is 5.56 Å². The summed E-state index contributed by atoms with van der Waals surface area (Å²) in [6.07, 6.45) is 0.0522. The predicted octanol–water partition coefficient (Wildman–Crippen LogP) is 2.77. The van der Waals surface area contributed by atoms with Crippen molar-refractivity contribution in [2.75, 3.05) is 24.6 Å². The topological polar surface area (TPSA) is 55.5 Å². The molecule has 6 nitrogen and oxygen atoms in total. The van der Waals surface area contributed by atoms with Crippen LogP contribution in [0.4, 0.5) is 5.82 Å². The molecule has 1 unspecified atom stereocenters. The van der Waals surface area contributed by atoms with Crippen LogP contribution >= 0.6 is 15.9 Å². The number of halogens is 1. The first-order chi connectivity index (χ1) is 11.2. The molecule has 2 aromatic heterocycles. The summed E-state index contributed by atoms with van der Waals surface area (Å²) in [6, 6.07) is 12.2. The molecule has 23 heavy (non-hydrogen) atoms. The van der Waals surface area contributed by atoms with Gasteiger partial charge in [-0.15, -0.1) is 15.3 Å². The van der Waals surface area contributed by atoms with Gasteiger partial charge in [0.2, 0.25) is 0 Å². The van der Waals surface area contributed by atoms with Crippen molar-refractivity contribution in [2.24, 2.45) is 0 Å². The van der Waals surface area contributed by atoms with Crippen molar-refractivity contribution in [3.8, 4) is 0 Å². The van der Waals surface area contributed by atoms with Gasteiger partial charge in [-0.05, 0) is 36.8 Å². The molecule has 3 aromatic rings. The summed E-state index contributed by atoms with van der Waals surface area (Å²) in [5.41, 5.74) is 1.95. The van der Waals surface area contributed by atoms with Crippen molar-refractivity contribution in [1.82, 2.24) is 19.8 Å². The van der Waals surface area contributed by atoms with Crippen molar-refractivity contribution in [3.05, 3.63) is 52.3 Å². The van der Waals surface area contributed by atoms with Gasteiger partial charge in [-0.3, -0.25) is 0 Å². The maximum Gasteiger partial charge on any atom is 0.178 e. The summed E-state index contributed by atoms with van der Waals surface area (Å²) in [5.74, 6) is 1.71. The van der Waals surface area contributed by atoms with Gasteiger partial charge in [0.1, 0.15) is 11.9 Å². The van der Waals surface area contributed by atoms with Crippen LogP contribution in [0, 0.1) is 6.92 Å². The maximum atomic E-state index is 5.94. The minimum Gasteiger partial charge on any atom is -0.370 e. The number of morpholine rings is 1. The molecule has 118 valence electrons. The summed E-state index contributed by atoms with van der Waals surface area (Å²) in [4.78, 5) is 2.25. The van der Waals surface area contributed by atoms with Crippen molar-refractivity contribution in [2.45, 2.75) is 13.0 Å². The quantitative estimate of drug-likeness (QED) is 0.691. The number of hydrogen-bond donors (Lipinski definition) is 0. The standard InChI is InChI=1S/C16H16BrN5O/c1-11-18-19-15-6-7-16(20-22(11)15)21-8-9-23-14(10-21)12-2-4-13(17)5-3-12/h2-7,14H,8-10H2,1H3. The Labute approximate surface area is 142 Å². The van der Waals surface area contributed by atoms with E-state index in [-0.39, 0.29) is 6.10 Å². The molecular formula is C16H16BrN5O. The highest BCUT2D eigenvalue weighted by Gasteiger charge is 2.23. The second kappa shape index (κ2) is 5.90. The average Bonchev–Trinajstić information content (AvgIpc) is 2.96. The maximum absolute atomic E-state index is 5.94. The Morgan fingerprint density at radius 2 is 1.96 bits per heavy atom. The second-order valence-electron chi connectivity index (χ2n) is 5.57. The molecule has 0 bridgehead atoms. The summed E-state index contributed by atoms with van der Waals surface area (Å²) in [6.45, 7) is 4.19. The number of aromatic nitrogens is 4. The molecule has 0 amide bonds. The number of anilines is 1. The zero-order chi connectivity index (χ0) is 15.8. The first kappa shape index (κ1) is 14.6. The van der Waals surface area contributed by atoms with E-state index in [9.17, 15) is 0 Å². The zero-order valence-electron chi connectivity index (χ0n) is 12.7. The lowest BCUT2D eigenvalue weighted by atomic mass is 10.1. The number of fused-ring (bicyclic) bond motifs is 1. The van der Waals surface area contributed by atoms with E-state index in [2.05, 4.69) is 48.3 Å². The van der Waals surface area contributed by atoms with Crippen molar-refractivity contribution in [3.63, 3.8) is 0 Å². The summed E-state index contributed by atoms with van der Waals surface area (Å²) in [7, 11) is 0. The van der Waals surface area contributed by atoms with Crippen LogP contribution < -0.4 is 4.90 Å². The molecule has 1 aromatic carbocycles. The molecule has 1 aliphatic rings. The van der Waals surface area contributed by atoms with Gasteiger partial charge in [0.15, 0.2) is 11.5 Å².